The molecule has 0 radical (unpaired) electrons. The van der Waals surface area contributed by atoms with Crippen LogP contribution in [0.3, 0.4) is 0 Å². The SMILES string of the molecule is Cc1cccc(F)c1NCC(O)c1ccc(F)cc1. The zero-order valence-corrected chi connectivity index (χ0v) is 10.5. The van der Waals surface area contributed by atoms with Crippen molar-refractivity contribution in [2.45, 2.75) is 13.0 Å². The summed E-state index contributed by atoms with van der Waals surface area (Å²) in [6, 6.07) is 10.4. The lowest BCUT2D eigenvalue weighted by molar-refractivity contribution is 0.191. The van der Waals surface area contributed by atoms with E-state index in [0.717, 1.165) is 5.56 Å². The lowest BCUT2D eigenvalue weighted by atomic mass is 10.1. The maximum atomic E-state index is 13.6. The van der Waals surface area contributed by atoms with Gasteiger partial charge in [-0.15, -0.1) is 0 Å². The van der Waals surface area contributed by atoms with E-state index in [9.17, 15) is 13.9 Å². The van der Waals surface area contributed by atoms with Crippen LogP contribution in [0.25, 0.3) is 0 Å². The molecule has 4 heteroatoms. The zero-order chi connectivity index (χ0) is 13.8. The molecule has 100 valence electrons. The number of rotatable bonds is 4. The molecule has 0 bridgehead atoms. The number of benzene rings is 2. The quantitative estimate of drug-likeness (QED) is 0.886. The maximum absolute atomic E-state index is 13.6. The van der Waals surface area contributed by atoms with Crippen molar-refractivity contribution in [3.8, 4) is 0 Å². The lowest BCUT2D eigenvalue weighted by Crippen LogP contribution is -2.13. The van der Waals surface area contributed by atoms with Crippen molar-refractivity contribution >= 4 is 5.69 Å². The van der Waals surface area contributed by atoms with Crippen molar-refractivity contribution in [1.82, 2.24) is 0 Å². The number of aliphatic hydroxyl groups excluding tert-OH is 1. The average molecular weight is 263 g/mol. The van der Waals surface area contributed by atoms with Crippen LogP contribution in [0.15, 0.2) is 42.5 Å². The second-order valence-electron chi connectivity index (χ2n) is 4.38. The van der Waals surface area contributed by atoms with Gasteiger partial charge in [0.15, 0.2) is 0 Å². The molecule has 0 saturated carbocycles. The van der Waals surface area contributed by atoms with Gasteiger partial charge in [0.25, 0.3) is 0 Å². The first kappa shape index (κ1) is 13.5. The van der Waals surface area contributed by atoms with Gasteiger partial charge in [0, 0.05) is 6.54 Å². The molecular formula is C15H15F2NO. The Morgan fingerprint density at radius 1 is 1.11 bits per heavy atom. The van der Waals surface area contributed by atoms with Gasteiger partial charge in [0.05, 0.1) is 11.8 Å². The van der Waals surface area contributed by atoms with E-state index in [4.69, 9.17) is 0 Å². The number of aryl methyl sites for hydroxylation is 1. The van der Waals surface area contributed by atoms with E-state index in [0.29, 0.717) is 11.3 Å². The molecule has 2 aromatic carbocycles. The number of aliphatic hydroxyl groups is 1. The summed E-state index contributed by atoms with van der Waals surface area (Å²) in [6.45, 7) is 1.95. The van der Waals surface area contributed by atoms with E-state index >= 15 is 0 Å². The molecular weight excluding hydrogens is 248 g/mol. The Morgan fingerprint density at radius 3 is 2.42 bits per heavy atom. The Kier molecular flexibility index (Phi) is 4.12. The predicted molar refractivity (Wildman–Crippen MR) is 71.0 cm³/mol. The molecule has 0 aliphatic rings. The molecule has 2 nitrogen and oxygen atoms in total. The summed E-state index contributed by atoms with van der Waals surface area (Å²) in [5.41, 5.74) is 1.73. The minimum absolute atomic E-state index is 0.160. The summed E-state index contributed by atoms with van der Waals surface area (Å²) < 4.78 is 26.3. The first-order valence-electron chi connectivity index (χ1n) is 6.00. The van der Waals surface area contributed by atoms with Gasteiger partial charge < -0.3 is 10.4 Å². The Labute approximate surface area is 110 Å². The van der Waals surface area contributed by atoms with Crippen LogP contribution in [0, 0.1) is 18.6 Å². The first-order valence-corrected chi connectivity index (χ1v) is 6.00. The summed E-state index contributed by atoms with van der Waals surface area (Å²) in [4.78, 5) is 0. The summed E-state index contributed by atoms with van der Waals surface area (Å²) in [5.74, 6) is -0.708. The largest absolute Gasteiger partial charge is 0.387 e. The highest BCUT2D eigenvalue weighted by molar-refractivity contribution is 5.51. The fourth-order valence-electron chi connectivity index (χ4n) is 1.86. The first-order chi connectivity index (χ1) is 9.08. The molecule has 2 aromatic rings. The predicted octanol–water partition coefficient (Wildman–Crippen LogP) is 3.42. The summed E-state index contributed by atoms with van der Waals surface area (Å²) in [7, 11) is 0. The highest BCUT2D eigenvalue weighted by Gasteiger charge is 2.10. The highest BCUT2D eigenvalue weighted by atomic mass is 19.1. The van der Waals surface area contributed by atoms with Crippen molar-refractivity contribution in [2.75, 3.05) is 11.9 Å². The normalized spacial score (nSPS) is 12.2. The van der Waals surface area contributed by atoms with Crippen LogP contribution in [0.4, 0.5) is 14.5 Å². The molecule has 0 aromatic heterocycles. The van der Waals surface area contributed by atoms with Crippen molar-refractivity contribution in [3.05, 3.63) is 65.2 Å². The molecule has 0 amide bonds. The number of hydrogen-bond acceptors (Lipinski definition) is 2. The van der Waals surface area contributed by atoms with Gasteiger partial charge in [-0.3, -0.25) is 0 Å². The summed E-state index contributed by atoms with van der Waals surface area (Å²) >= 11 is 0. The minimum atomic E-state index is -0.820. The standard InChI is InChI=1S/C15H15F2NO/c1-10-3-2-4-13(17)15(10)18-9-14(19)11-5-7-12(16)8-6-11/h2-8,14,18-19H,9H2,1H3. The molecule has 2 rings (SSSR count). The van der Waals surface area contributed by atoms with Gasteiger partial charge in [-0.25, -0.2) is 8.78 Å². The van der Waals surface area contributed by atoms with E-state index in [-0.39, 0.29) is 18.2 Å². The van der Waals surface area contributed by atoms with Crippen molar-refractivity contribution < 1.29 is 13.9 Å². The van der Waals surface area contributed by atoms with E-state index in [1.807, 2.05) is 0 Å². The van der Waals surface area contributed by atoms with Gasteiger partial charge in [-0.2, -0.15) is 0 Å². The Morgan fingerprint density at radius 2 is 1.79 bits per heavy atom. The molecule has 0 spiro atoms. The molecule has 19 heavy (non-hydrogen) atoms. The molecule has 0 saturated heterocycles. The van der Waals surface area contributed by atoms with Crippen molar-refractivity contribution in [2.24, 2.45) is 0 Å². The molecule has 0 heterocycles. The smallest absolute Gasteiger partial charge is 0.146 e. The second kappa shape index (κ2) is 5.80. The highest BCUT2D eigenvalue weighted by Crippen LogP contribution is 2.20. The Hall–Kier alpha value is -1.94. The molecule has 0 aliphatic heterocycles. The number of anilines is 1. The van der Waals surface area contributed by atoms with Crippen LogP contribution in [0.2, 0.25) is 0 Å². The monoisotopic (exact) mass is 263 g/mol. The van der Waals surface area contributed by atoms with Crippen LogP contribution < -0.4 is 5.32 Å². The van der Waals surface area contributed by atoms with E-state index in [1.165, 1.54) is 30.3 Å². The zero-order valence-electron chi connectivity index (χ0n) is 10.5. The topological polar surface area (TPSA) is 32.3 Å². The van der Waals surface area contributed by atoms with Gasteiger partial charge in [0.1, 0.15) is 11.6 Å². The third-order valence-corrected chi connectivity index (χ3v) is 2.95. The van der Waals surface area contributed by atoms with Gasteiger partial charge >= 0.3 is 0 Å². The van der Waals surface area contributed by atoms with Crippen LogP contribution >= 0.6 is 0 Å². The van der Waals surface area contributed by atoms with Gasteiger partial charge in [-0.1, -0.05) is 24.3 Å². The lowest BCUT2D eigenvalue weighted by Gasteiger charge is -2.15. The Bertz CT molecular complexity index is 534. The average Bonchev–Trinajstić information content (AvgIpc) is 2.38. The minimum Gasteiger partial charge on any atom is -0.387 e. The molecule has 2 N–H and O–H groups in total. The third kappa shape index (κ3) is 3.29. The molecule has 0 fully saturated rings. The molecule has 1 atom stereocenters. The van der Waals surface area contributed by atoms with Crippen molar-refractivity contribution in [1.29, 1.82) is 0 Å². The molecule has 1 unspecified atom stereocenters. The molecule has 0 aliphatic carbocycles. The van der Waals surface area contributed by atoms with Gasteiger partial charge in [0.2, 0.25) is 0 Å². The number of nitrogens with one attached hydrogen (secondary N) is 1. The van der Waals surface area contributed by atoms with Crippen LogP contribution in [0.1, 0.15) is 17.2 Å². The maximum Gasteiger partial charge on any atom is 0.146 e. The van der Waals surface area contributed by atoms with Gasteiger partial charge in [-0.05, 0) is 36.2 Å². The summed E-state index contributed by atoms with van der Waals surface area (Å²) in [5, 5.41) is 12.8. The summed E-state index contributed by atoms with van der Waals surface area (Å²) in [6.07, 6.45) is -0.820. The fourth-order valence-corrected chi connectivity index (χ4v) is 1.86. The van der Waals surface area contributed by atoms with Crippen LogP contribution in [-0.2, 0) is 0 Å². The Balaban J connectivity index is 2.04. The van der Waals surface area contributed by atoms with E-state index in [1.54, 1.807) is 19.1 Å². The number of para-hydroxylation sites is 1. The number of hydrogen-bond donors (Lipinski definition) is 2. The van der Waals surface area contributed by atoms with E-state index in [2.05, 4.69) is 5.32 Å². The van der Waals surface area contributed by atoms with E-state index < -0.39 is 6.10 Å². The van der Waals surface area contributed by atoms with Crippen LogP contribution in [0.5, 0.6) is 0 Å². The third-order valence-electron chi connectivity index (χ3n) is 2.95. The second-order valence-corrected chi connectivity index (χ2v) is 4.38. The van der Waals surface area contributed by atoms with Crippen LogP contribution in [-0.4, -0.2) is 11.7 Å². The fraction of sp³-hybridized carbons (Fsp3) is 0.200. The number of halogens is 2. The van der Waals surface area contributed by atoms with Crippen molar-refractivity contribution in [3.63, 3.8) is 0 Å².